The van der Waals surface area contributed by atoms with Crippen LogP contribution >= 0.6 is 0 Å². The first kappa shape index (κ1) is 14.5. The number of hydrogen-bond acceptors (Lipinski definition) is 2. The smallest absolute Gasteiger partial charge is 0.0585 e. The Morgan fingerprint density at radius 2 is 1.79 bits per heavy atom. The number of benzene rings is 1. The summed E-state index contributed by atoms with van der Waals surface area (Å²) >= 11 is 0. The van der Waals surface area contributed by atoms with Gasteiger partial charge in [0.2, 0.25) is 0 Å². The average molecular weight is 261 g/mol. The number of hydrogen-bond donors (Lipinski definition) is 1. The van der Waals surface area contributed by atoms with E-state index in [0.29, 0.717) is 0 Å². The van der Waals surface area contributed by atoms with Crippen LogP contribution in [0.5, 0.6) is 0 Å². The molecule has 0 atom stereocenters. The van der Waals surface area contributed by atoms with Gasteiger partial charge in [-0.2, -0.15) is 0 Å². The van der Waals surface area contributed by atoms with E-state index in [-0.39, 0.29) is 11.0 Å². The van der Waals surface area contributed by atoms with Crippen molar-refractivity contribution in [3.63, 3.8) is 0 Å². The second-order valence-electron chi connectivity index (χ2n) is 6.94. The van der Waals surface area contributed by atoms with Crippen molar-refractivity contribution in [3.05, 3.63) is 34.4 Å². The van der Waals surface area contributed by atoms with Gasteiger partial charge in [0, 0.05) is 11.0 Å². The molecule has 1 fully saturated rings. The third-order valence-corrected chi connectivity index (χ3v) is 4.63. The molecule has 19 heavy (non-hydrogen) atoms. The first-order valence-corrected chi connectivity index (χ1v) is 7.19. The van der Waals surface area contributed by atoms with Gasteiger partial charge in [0.25, 0.3) is 0 Å². The second kappa shape index (κ2) is 4.92. The highest BCUT2D eigenvalue weighted by atomic mass is 16.5. The van der Waals surface area contributed by atoms with Crippen LogP contribution in [0.1, 0.15) is 48.9 Å². The lowest BCUT2D eigenvalue weighted by Gasteiger charge is -2.44. The van der Waals surface area contributed by atoms with Crippen molar-refractivity contribution in [2.24, 2.45) is 5.73 Å². The molecular weight excluding hydrogens is 234 g/mol. The van der Waals surface area contributed by atoms with Gasteiger partial charge < -0.3 is 10.5 Å². The van der Waals surface area contributed by atoms with E-state index in [2.05, 4.69) is 46.8 Å². The van der Waals surface area contributed by atoms with Gasteiger partial charge in [0.15, 0.2) is 0 Å². The van der Waals surface area contributed by atoms with Crippen molar-refractivity contribution >= 4 is 0 Å². The summed E-state index contributed by atoms with van der Waals surface area (Å²) in [5, 5.41) is 0. The normalized spacial score (nSPS) is 18.2. The zero-order chi connectivity index (χ0) is 14.3. The standard InChI is InChI=1S/C17H27NO/c1-12-6-7-15(14(3)13(12)2)17(10-19-11-17)9-8-16(4,5)18/h6-7H,8-11,18H2,1-5H3. The van der Waals surface area contributed by atoms with Gasteiger partial charge in [-0.3, -0.25) is 0 Å². The summed E-state index contributed by atoms with van der Waals surface area (Å²) in [6, 6.07) is 4.54. The highest BCUT2D eigenvalue weighted by Gasteiger charge is 2.41. The molecule has 1 heterocycles. The molecule has 0 unspecified atom stereocenters. The third kappa shape index (κ3) is 2.85. The maximum absolute atomic E-state index is 6.15. The molecule has 106 valence electrons. The topological polar surface area (TPSA) is 35.2 Å². The van der Waals surface area contributed by atoms with Crippen LogP contribution in [0.15, 0.2) is 12.1 Å². The Hall–Kier alpha value is -0.860. The summed E-state index contributed by atoms with van der Waals surface area (Å²) in [4.78, 5) is 0. The van der Waals surface area contributed by atoms with Crippen LogP contribution in [-0.4, -0.2) is 18.8 Å². The minimum atomic E-state index is -0.101. The van der Waals surface area contributed by atoms with Crippen molar-refractivity contribution < 1.29 is 4.74 Å². The average Bonchev–Trinajstić information content (AvgIpc) is 2.25. The Morgan fingerprint density at radius 3 is 2.26 bits per heavy atom. The van der Waals surface area contributed by atoms with E-state index in [0.717, 1.165) is 26.1 Å². The zero-order valence-electron chi connectivity index (χ0n) is 13.0. The molecule has 0 bridgehead atoms. The molecule has 0 aliphatic carbocycles. The highest BCUT2D eigenvalue weighted by Crippen LogP contribution is 2.40. The van der Waals surface area contributed by atoms with Gasteiger partial charge in [-0.1, -0.05) is 12.1 Å². The molecule has 0 spiro atoms. The number of ether oxygens (including phenoxy) is 1. The fraction of sp³-hybridized carbons (Fsp3) is 0.647. The number of rotatable bonds is 4. The molecular formula is C17H27NO. The lowest BCUT2D eigenvalue weighted by molar-refractivity contribution is -0.0672. The van der Waals surface area contributed by atoms with Gasteiger partial charge in [-0.25, -0.2) is 0 Å². The second-order valence-corrected chi connectivity index (χ2v) is 6.94. The molecule has 2 rings (SSSR count). The van der Waals surface area contributed by atoms with Crippen LogP contribution in [0, 0.1) is 20.8 Å². The predicted octanol–water partition coefficient (Wildman–Crippen LogP) is 3.40. The van der Waals surface area contributed by atoms with E-state index in [4.69, 9.17) is 10.5 Å². The van der Waals surface area contributed by atoms with Crippen molar-refractivity contribution in [2.45, 2.75) is 58.4 Å². The summed E-state index contributed by atoms with van der Waals surface area (Å²) in [5.41, 5.74) is 11.9. The molecule has 2 nitrogen and oxygen atoms in total. The number of aryl methyl sites for hydroxylation is 1. The minimum Gasteiger partial charge on any atom is -0.379 e. The van der Waals surface area contributed by atoms with E-state index in [1.54, 1.807) is 0 Å². The Kier molecular flexibility index (Phi) is 3.76. The monoisotopic (exact) mass is 261 g/mol. The van der Waals surface area contributed by atoms with Gasteiger partial charge in [0.1, 0.15) is 0 Å². The lowest BCUT2D eigenvalue weighted by atomic mass is 9.71. The fourth-order valence-electron chi connectivity index (χ4n) is 2.88. The van der Waals surface area contributed by atoms with Crippen LogP contribution in [0.25, 0.3) is 0 Å². The van der Waals surface area contributed by atoms with Crippen molar-refractivity contribution in [3.8, 4) is 0 Å². The SMILES string of the molecule is Cc1ccc(C2(CCC(C)(C)N)COC2)c(C)c1C. The van der Waals surface area contributed by atoms with Crippen LogP contribution in [0.4, 0.5) is 0 Å². The molecule has 1 saturated heterocycles. The maximum atomic E-state index is 6.15. The molecule has 0 aromatic heterocycles. The van der Waals surface area contributed by atoms with E-state index in [1.807, 2.05) is 0 Å². The van der Waals surface area contributed by atoms with E-state index in [9.17, 15) is 0 Å². The Balaban J connectivity index is 2.29. The molecule has 0 amide bonds. The van der Waals surface area contributed by atoms with Crippen molar-refractivity contribution in [1.29, 1.82) is 0 Å². The number of nitrogens with two attached hydrogens (primary N) is 1. The molecule has 2 N–H and O–H groups in total. The van der Waals surface area contributed by atoms with E-state index in [1.165, 1.54) is 22.3 Å². The molecule has 1 aromatic rings. The fourth-order valence-corrected chi connectivity index (χ4v) is 2.88. The molecule has 1 aliphatic heterocycles. The summed E-state index contributed by atoms with van der Waals surface area (Å²) in [6.45, 7) is 12.5. The van der Waals surface area contributed by atoms with Gasteiger partial charge in [0.05, 0.1) is 13.2 Å². The van der Waals surface area contributed by atoms with Crippen LogP contribution in [0.2, 0.25) is 0 Å². The van der Waals surface area contributed by atoms with Crippen LogP contribution < -0.4 is 5.73 Å². The quantitative estimate of drug-likeness (QED) is 0.901. The Morgan fingerprint density at radius 1 is 1.16 bits per heavy atom. The van der Waals surface area contributed by atoms with E-state index >= 15 is 0 Å². The van der Waals surface area contributed by atoms with Crippen LogP contribution in [-0.2, 0) is 10.2 Å². The zero-order valence-corrected chi connectivity index (χ0v) is 13.0. The summed E-state index contributed by atoms with van der Waals surface area (Å²) in [6.07, 6.45) is 2.14. The van der Waals surface area contributed by atoms with Gasteiger partial charge in [-0.05, 0) is 69.7 Å². The highest BCUT2D eigenvalue weighted by molar-refractivity contribution is 5.44. The molecule has 2 heteroatoms. The van der Waals surface area contributed by atoms with Gasteiger partial charge in [-0.15, -0.1) is 0 Å². The van der Waals surface area contributed by atoms with Gasteiger partial charge >= 0.3 is 0 Å². The van der Waals surface area contributed by atoms with Crippen molar-refractivity contribution in [1.82, 2.24) is 0 Å². The molecule has 0 saturated carbocycles. The molecule has 1 aromatic carbocycles. The summed E-state index contributed by atoms with van der Waals surface area (Å²) < 4.78 is 5.54. The lowest BCUT2D eigenvalue weighted by Crippen LogP contribution is -2.49. The minimum absolute atomic E-state index is 0.101. The summed E-state index contributed by atoms with van der Waals surface area (Å²) in [5.74, 6) is 0. The Bertz CT molecular complexity index is 467. The Labute approximate surface area is 117 Å². The van der Waals surface area contributed by atoms with E-state index < -0.39 is 0 Å². The first-order chi connectivity index (χ1) is 8.75. The van der Waals surface area contributed by atoms with Crippen molar-refractivity contribution in [2.75, 3.05) is 13.2 Å². The largest absolute Gasteiger partial charge is 0.379 e. The maximum Gasteiger partial charge on any atom is 0.0585 e. The van der Waals surface area contributed by atoms with Crippen LogP contribution in [0.3, 0.4) is 0 Å². The predicted molar refractivity (Wildman–Crippen MR) is 80.7 cm³/mol. The molecule has 0 radical (unpaired) electrons. The molecule has 1 aliphatic rings. The first-order valence-electron chi connectivity index (χ1n) is 7.19. The summed E-state index contributed by atoms with van der Waals surface area (Å²) in [7, 11) is 0. The third-order valence-electron chi connectivity index (χ3n) is 4.63.